The van der Waals surface area contributed by atoms with Gasteiger partial charge in [0.05, 0.1) is 12.7 Å². The van der Waals surface area contributed by atoms with E-state index in [9.17, 15) is 0 Å². The Hall–Kier alpha value is -0.200. The Morgan fingerprint density at radius 2 is 1.47 bits per heavy atom. The maximum absolute atomic E-state index is 9.11. The van der Waals surface area contributed by atoms with Crippen molar-refractivity contribution >= 4 is 0 Å². The zero-order chi connectivity index (χ0) is 12.3. The van der Waals surface area contributed by atoms with Crippen LogP contribution in [0.5, 0.6) is 0 Å². The Kier molecular flexibility index (Phi) is 13.6. The van der Waals surface area contributed by atoms with Crippen molar-refractivity contribution in [3.63, 3.8) is 0 Å². The van der Waals surface area contributed by atoms with Crippen molar-refractivity contribution in [1.82, 2.24) is 0 Å². The van der Waals surface area contributed by atoms with E-state index in [0.717, 1.165) is 7.11 Å². The fourth-order valence-electron chi connectivity index (χ4n) is 0.768. The molecule has 3 unspecified atom stereocenters. The van der Waals surface area contributed by atoms with Crippen LogP contribution in [0.4, 0.5) is 0 Å². The van der Waals surface area contributed by atoms with Gasteiger partial charge in [-0.15, -0.1) is 0 Å². The smallest absolute Gasteiger partial charge is 0.154 e. The molecular weight excluding hydrogens is 200 g/mol. The van der Waals surface area contributed by atoms with Gasteiger partial charge in [-0.1, -0.05) is 13.8 Å². The van der Waals surface area contributed by atoms with E-state index in [1.165, 1.54) is 0 Å². The summed E-state index contributed by atoms with van der Waals surface area (Å²) in [5.41, 5.74) is 0. The molecule has 0 bridgehead atoms. The lowest BCUT2D eigenvalue weighted by Crippen LogP contribution is -2.25. The highest BCUT2D eigenvalue weighted by Crippen LogP contribution is 2.02. The second kappa shape index (κ2) is 11.9. The van der Waals surface area contributed by atoms with E-state index in [2.05, 4.69) is 0 Å². The Bertz CT molecular complexity index is 120. The van der Waals surface area contributed by atoms with E-state index in [1.807, 2.05) is 13.8 Å². The summed E-state index contributed by atoms with van der Waals surface area (Å²) in [6.07, 6.45) is -0.553. The molecule has 0 rings (SSSR count). The third-order valence-corrected chi connectivity index (χ3v) is 1.61. The summed E-state index contributed by atoms with van der Waals surface area (Å²) < 4.78 is 10.1. The molecule has 0 aromatic heterocycles. The fourth-order valence-corrected chi connectivity index (χ4v) is 0.768. The summed E-state index contributed by atoms with van der Waals surface area (Å²) in [7, 11) is 1.00. The first-order valence-corrected chi connectivity index (χ1v) is 5.18. The lowest BCUT2D eigenvalue weighted by atomic mass is 10.4. The fraction of sp³-hybridized carbons (Fsp3) is 1.00. The Balaban J connectivity index is 0. The molecule has 0 saturated carbocycles. The molecule has 94 valence electrons. The molecule has 5 heteroatoms. The first kappa shape index (κ1) is 17.2. The maximum atomic E-state index is 9.11. The van der Waals surface area contributed by atoms with Crippen LogP contribution in [-0.2, 0) is 9.47 Å². The van der Waals surface area contributed by atoms with Crippen LogP contribution in [0.3, 0.4) is 0 Å². The second-order valence-corrected chi connectivity index (χ2v) is 3.01. The molecule has 0 radical (unpaired) electrons. The largest absolute Gasteiger partial charge is 0.400 e. The van der Waals surface area contributed by atoms with Crippen LogP contribution in [0.25, 0.3) is 0 Å². The van der Waals surface area contributed by atoms with Gasteiger partial charge < -0.3 is 24.8 Å². The number of hydrogen-bond donors (Lipinski definition) is 3. The number of ether oxygens (including phenoxy) is 2. The third kappa shape index (κ3) is 11.7. The van der Waals surface area contributed by atoms with Crippen molar-refractivity contribution in [2.45, 2.75) is 52.3 Å². The predicted molar refractivity (Wildman–Crippen MR) is 57.2 cm³/mol. The molecule has 5 nitrogen and oxygen atoms in total. The average molecular weight is 224 g/mol. The lowest BCUT2D eigenvalue weighted by Gasteiger charge is -2.18. The van der Waals surface area contributed by atoms with Crippen molar-refractivity contribution in [1.29, 1.82) is 0 Å². The molecule has 15 heavy (non-hydrogen) atoms. The van der Waals surface area contributed by atoms with E-state index in [-0.39, 0.29) is 6.10 Å². The summed E-state index contributed by atoms with van der Waals surface area (Å²) in [5, 5.41) is 25.2. The summed E-state index contributed by atoms with van der Waals surface area (Å²) in [4.78, 5) is 0. The van der Waals surface area contributed by atoms with Gasteiger partial charge in [0.15, 0.2) is 12.6 Å². The highest BCUT2D eigenvalue weighted by molar-refractivity contribution is 4.49. The van der Waals surface area contributed by atoms with E-state index >= 15 is 0 Å². The van der Waals surface area contributed by atoms with Crippen LogP contribution in [-0.4, -0.2) is 47.7 Å². The van der Waals surface area contributed by atoms with Crippen LogP contribution in [0.2, 0.25) is 0 Å². The van der Waals surface area contributed by atoms with E-state index in [0.29, 0.717) is 19.4 Å². The minimum Gasteiger partial charge on any atom is -0.400 e. The van der Waals surface area contributed by atoms with Gasteiger partial charge in [-0.25, -0.2) is 0 Å². The number of rotatable bonds is 7. The van der Waals surface area contributed by atoms with Crippen LogP contribution in [0.15, 0.2) is 0 Å². The standard InChI is InChI=1S/C9H20O4.CH4O/c1-4-8(10)12-6-7(3)13-9(11)5-2;1-2/h7-11H,4-6H2,1-3H3;2H,1H3. The molecule has 0 heterocycles. The summed E-state index contributed by atoms with van der Waals surface area (Å²) in [6.45, 7) is 5.75. The second-order valence-electron chi connectivity index (χ2n) is 3.01. The Morgan fingerprint density at radius 3 is 1.87 bits per heavy atom. The van der Waals surface area contributed by atoms with Gasteiger partial charge in [0, 0.05) is 7.11 Å². The van der Waals surface area contributed by atoms with Gasteiger partial charge in [0.2, 0.25) is 0 Å². The highest BCUT2D eigenvalue weighted by Gasteiger charge is 2.10. The van der Waals surface area contributed by atoms with Crippen molar-refractivity contribution in [2.75, 3.05) is 13.7 Å². The van der Waals surface area contributed by atoms with E-state index in [4.69, 9.17) is 24.8 Å². The van der Waals surface area contributed by atoms with Crippen molar-refractivity contribution in [2.24, 2.45) is 0 Å². The van der Waals surface area contributed by atoms with Crippen LogP contribution in [0.1, 0.15) is 33.6 Å². The molecule has 3 atom stereocenters. The quantitative estimate of drug-likeness (QED) is 0.548. The highest BCUT2D eigenvalue weighted by atomic mass is 16.6. The van der Waals surface area contributed by atoms with Crippen molar-refractivity contribution in [3.8, 4) is 0 Å². The lowest BCUT2D eigenvalue weighted by molar-refractivity contribution is -0.176. The molecule has 0 aliphatic heterocycles. The number of aliphatic hydroxyl groups is 3. The van der Waals surface area contributed by atoms with Gasteiger partial charge in [-0.3, -0.25) is 0 Å². The Labute approximate surface area is 91.6 Å². The minimum absolute atomic E-state index is 0.198. The number of aliphatic hydroxyl groups excluding tert-OH is 3. The van der Waals surface area contributed by atoms with E-state index in [1.54, 1.807) is 6.92 Å². The number of hydrogen-bond acceptors (Lipinski definition) is 5. The first-order chi connectivity index (χ1) is 7.10. The molecule has 0 aliphatic carbocycles. The monoisotopic (exact) mass is 224 g/mol. The van der Waals surface area contributed by atoms with Crippen LogP contribution >= 0.6 is 0 Å². The van der Waals surface area contributed by atoms with Crippen molar-refractivity contribution in [3.05, 3.63) is 0 Å². The molecule has 0 aromatic carbocycles. The molecule has 3 N–H and O–H groups in total. The van der Waals surface area contributed by atoms with Gasteiger partial charge in [-0.05, 0) is 19.8 Å². The zero-order valence-electron chi connectivity index (χ0n) is 10.0. The van der Waals surface area contributed by atoms with Crippen LogP contribution < -0.4 is 0 Å². The summed E-state index contributed by atoms with van der Waals surface area (Å²) in [5.74, 6) is 0. The van der Waals surface area contributed by atoms with Gasteiger partial charge >= 0.3 is 0 Å². The first-order valence-electron chi connectivity index (χ1n) is 5.18. The molecule has 0 spiro atoms. The molecule has 0 aliphatic rings. The summed E-state index contributed by atoms with van der Waals surface area (Å²) >= 11 is 0. The third-order valence-electron chi connectivity index (χ3n) is 1.61. The van der Waals surface area contributed by atoms with Crippen molar-refractivity contribution < 1.29 is 24.8 Å². The minimum atomic E-state index is -0.739. The average Bonchev–Trinajstić information content (AvgIpc) is 2.28. The molecular formula is C10H24O5. The maximum Gasteiger partial charge on any atom is 0.154 e. The van der Waals surface area contributed by atoms with E-state index < -0.39 is 12.6 Å². The molecule has 0 saturated heterocycles. The SMILES string of the molecule is CCC(O)OCC(C)OC(O)CC.CO. The molecule has 0 amide bonds. The Morgan fingerprint density at radius 1 is 1.00 bits per heavy atom. The van der Waals surface area contributed by atoms with Crippen LogP contribution in [0, 0.1) is 0 Å². The topological polar surface area (TPSA) is 79.2 Å². The van der Waals surface area contributed by atoms with Gasteiger partial charge in [-0.2, -0.15) is 0 Å². The normalized spacial score (nSPS) is 16.2. The molecule has 0 fully saturated rings. The zero-order valence-corrected chi connectivity index (χ0v) is 10.0. The van der Waals surface area contributed by atoms with Gasteiger partial charge in [0.1, 0.15) is 0 Å². The predicted octanol–water partition coefficient (Wildman–Crippen LogP) is 0.473. The van der Waals surface area contributed by atoms with Gasteiger partial charge in [0.25, 0.3) is 0 Å². The molecule has 0 aromatic rings. The summed E-state index contributed by atoms with van der Waals surface area (Å²) in [6, 6.07) is 0.